The number of Topliss-reactive ketones (excluding diaryl/α,β-unsaturated/α-hetero) is 2. The maximum absolute atomic E-state index is 12.3. The standard InChI is InChI=1S/C36H26O2/c1-23-5-9-27(10-6-23)13-17-31-33-19-15-30(26(4)38)22-36(33)32(18-14-28-11-7-24(2)8-12-28)34-20-16-29(25(3)37)21-35(31)34/h5-12,15-16,19-22H,1-4H3. The van der Waals surface area contributed by atoms with Crippen molar-refractivity contribution in [2.45, 2.75) is 27.7 Å². The van der Waals surface area contributed by atoms with E-state index >= 15 is 0 Å². The van der Waals surface area contributed by atoms with Gasteiger partial charge in [0.2, 0.25) is 0 Å². The highest BCUT2D eigenvalue weighted by Gasteiger charge is 2.15. The Kier molecular flexibility index (Phi) is 6.66. The summed E-state index contributed by atoms with van der Waals surface area (Å²) in [5, 5.41) is 3.54. The van der Waals surface area contributed by atoms with Crippen molar-refractivity contribution in [3.63, 3.8) is 0 Å². The monoisotopic (exact) mass is 490 g/mol. The molecule has 2 nitrogen and oxygen atoms in total. The van der Waals surface area contributed by atoms with Crippen LogP contribution >= 0.6 is 0 Å². The molecule has 0 fully saturated rings. The SMILES string of the molecule is CC(=O)c1ccc2c(C#Cc3ccc(C)cc3)c3cc(C(C)=O)ccc3c(C#Cc3ccc(C)cc3)c2c1. The third-order valence-corrected chi connectivity index (χ3v) is 6.70. The molecule has 5 aromatic rings. The lowest BCUT2D eigenvalue weighted by Gasteiger charge is -2.13. The molecule has 0 aliphatic carbocycles. The van der Waals surface area contributed by atoms with Gasteiger partial charge in [0, 0.05) is 33.4 Å². The van der Waals surface area contributed by atoms with Gasteiger partial charge in [-0.1, -0.05) is 83.3 Å². The van der Waals surface area contributed by atoms with Crippen LogP contribution in [0.5, 0.6) is 0 Å². The number of hydrogen-bond acceptors (Lipinski definition) is 2. The molecule has 0 heterocycles. The van der Waals surface area contributed by atoms with Crippen LogP contribution in [0.2, 0.25) is 0 Å². The summed E-state index contributed by atoms with van der Waals surface area (Å²) in [6.07, 6.45) is 0. The first-order valence-corrected chi connectivity index (χ1v) is 12.5. The molecule has 0 atom stereocenters. The number of rotatable bonds is 2. The van der Waals surface area contributed by atoms with Crippen molar-refractivity contribution in [1.82, 2.24) is 0 Å². The molecule has 0 radical (unpaired) electrons. The maximum Gasteiger partial charge on any atom is 0.159 e. The van der Waals surface area contributed by atoms with Crippen molar-refractivity contribution >= 4 is 33.1 Å². The molecule has 0 saturated carbocycles. The molecule has 0 aromatic heterocycles. The Morgan fingerprint density at radius 3 is 1.18 bits per heavy atom. The van der Waals surface area contributed by atoms with E-state index < -0.39 is 0 Å². The molecular formula is C36H26O2. The van der Waals surface area contributed by atoms with Crippen molar-refractivity contribution in [2.24, 2.45) is 0 Å². The minimum Gasteiger partial charge on any atom is -0.295 e. The number of carbonyl (C=O) groups excluding carboxylic acids is 2. The zero-order valence-corrected chi connectivity index (χ0v) is 21.9. The molecule has 2 heteroatoms. The van der Waals surface area contributed by atoms with Gasteiger partial charge in [0.1, 0.15) is 0 Å². The second-order valence-electron chi connectivity index (χ2n) is 9.62. The van der Waals surface area contributed by atoms with E-state index in [1.165, 1.54) is 11.1 Å². The predicted molar refractivity (Wildman–Crippen MR) is 156 cm³/mol. The molecular weight excluding hydrogens is 464 g/mol. The van der Waals surface area contributed by atoms with Gasteiger partial charge in [-0.3, -0.25) is 9.59 Å². The smallest absolute Gasteiger partial charge is 0.159 e. The highest BCUT2D eigenvalue weighted by molar-refractivity contribution is 6.13. The van der Waals surface area contributed by atoms with Crippen LogP contribution < -0.4 is 0 Å². The third kappa shape index (κ3) is 4.99. The summed E-state index contributed by atoms with van der Waals surface area (Å²) in [4.78, 5) is 24.6. The van der Waals surface area contributed by atoms with E-state index in [0.29, 0.717) is 11.1 Å². The normalized spacial score (nSPS) is 10.4. The molecule has 0 amide bonds. The van der Waals surface area contributed by atoms with Gasteiger partial charge >= 0.3 is 0 Å². The van der Waals surface area contributed by atoms with Crippen LogP contribution in [-0.4, -0.2) is 11.6 Å². The van der Waals surface area contributed by atoms with E-state index in [2.05, 4.69) is 23.7 Å². The largest absolute Gasteiger partial charge is 0.295 e. The van der Waals surface area contributed by atoms with Gasteiger partial charge in [-0.15, -0.1) is 0 Å². The summed E-state index contributed by atoms with van der Waals surface area (Å²) in [6, 6.07) is 27.5. The fraction of sp³-hybridized carbons (Fsp3) is 0.111. The van der Waals surface area contributed by atoms with E-state index in [0.717, 1.165) is 43.8 Å². The number of benzene rings is 5. The van der Waals surface area contributed by atoms with Crippen LogP contribution in [-0.2, 0) is 0 Å². The molecule has 0 aliphatic rings. The molecule has 5 rings (SSSR count). The Morgan fingerprint density at radius 1 is 0.474 bits per heavy atom. The summed E-state index contributed by atoms with van der Waals surface area (Å²) in [5.74, 6) is 13.4. The average Bonchev–Trinajstić information content (AvgIpc) is 2.91. The van der Waals surface area contributed by atoms with Gasteiger partial charge in [0.05, 0.1) is 0 Å². The van der Waals surface area contributed by atoms with Crippen LogP contribution in [0.3, 0.4) is 0 Å². The summed E-state index contributed by atoms with van der Waals surface area (Å²) < 4.78 is 0. The Hall–Kier alpha value is -4.92. The number of fused-ring (bicyclic) bond motifs is 2. The fourth-order valence-corrected chi connectivity index (χ4v) is 4.48. The molecule has 0 saturated heterocycles. The molecule has 182 valence electrons. The van der Waals surface area contributed by atoms with Gasteiger partial charge in [-0.25, -0.2) is 0 Å². The predicted octanol–water partition coefficient (Wildman–Crippen LogP) is 7.81. The number of aryl methyl sites for hydroxylation is 2. The van der Waals surface area contributed by atoms with Gasteiger partial charge in [-0.05, 0) is 85.6 Å². The van der Waals surface area contributed by atoms with Crippen LogP contribution in [0.1, 0.15) is 67.9 Å². The van der Waals surface area contributed by atoms with E-state index in [1.807, 2.05) is 98.8 Å². The maximum atomic E-state index is 12.3. The second-order valence-corrected chi connectivity index (χ2v) is 9.62. The minimum atomic E-state index is -0.0105. The Balaban J connectivity index is 1.86. The summed E-state index contributed by atoms with van der Waals surface area (Å²) in [7, 11) is 0. The summed E-state index contributed by atoms with van der Waals surface area (Å²) >= 11 is 0. The molecule has 38 heavy (non-hydrogen) atoms. The highest BCUT2D eigenvalue weighted by Crippen LogP contribution is 2.34. The topological polar surface area (TPSA) is 34.1 Å². The Morgan fingerprint density at radius 2 is 0.842 bits per heavy atom. The lowest BCUT2D eigenvalue weighted by molar-refractivity contribution is 0.100. The quantitative estimate of drug-likeness (QED) is 0.144. The third-order valence-electron chi connectivity index (χ3n) is 6.70. The van der Waals surface area contributed by atoms with Crippen molar-refractivity contribution in [3.8, 4) is 23.7 Å². The van der Waals surface area contributed by atoms with Crippen LogP contribution in [0.15, 0.2) is 84.9 Å². The molecule has 0 bridgehead atoms. The van der Waals surface area contributed by atoms with Crippen molar-refractivity contribution < 1.29 is 9.59 Å². The Bertz CT molecular complexity index is 1720. The van der Waals surface area contributed by atoms with Gasteiger partial charge in [0.25, 0.3) is 0 Å². The fourth-order valence-electron chi connectivity index (χ4n) is 4.48. The first-order valence-electron chi connectivity index (χ1n) is 12.5. The zero-order chi connectivity index (χ0) is 26.8. The van der Waals surface area contributed by atoms with Gasteiger partial charge in [-0.2, -0.15) is 0 Å². The molecule has 0 unspecified atom stereocenters. The first kappa shape index (κ1) is 24.8. The number of ketones is 2. The zero-order valence-electron chi connectivity index (χ0n) is 21.9. The number of hydrogen-bond donors (Lipinski definition) is 0. The van der Waals surface area contributed by atoms with E-state index in [9.17, 15) is 9.59 Å². The van der Waals surface area contributed by atoms with Crippen LogP contribution in [0.25, 0.3) is 21.5 Å². The average molecular weight is 491 g/mol. The van der Waals surface area contributed by atoms with E-state index in [4.69, 9.17) is 0 Å². The van der Waals surface area contributed by atoms with Crippen molar-refractivity contribution in [3.05, 3.63) is 129 Å². The lowest BCUT2D eigenvalue weighted by Crippen LogP contribution is -1.98. The Labute approximate surface area is 223 Å². The minimum absolute atomic E-state index is 0.0105. The second kappa shape index (κ2) is 10.2. The first-order chi connectivity index (χ1) is 18.3. The van der Waals surface area contributed by atoms with E-state index in [-0.39, 0.29) is 11.6 Å². The van der Waals surface area contributed by atoms with Crippen molar-refractivity contribution in [1.29, 1.82) is 0 Å². The van der Waals surface area contributed by atoms with Gasteiger partial charge in [0.15, 0.2) is 11.6 Å². The number of carbonyl (C=O) groups is 2. The lowest BCUT2D eigenvalue weighted by atomic mass is 9.89. The van der Waals surface area contributed by atoms with E-state index in [1.54, 1.807) is 13.8 Å². The highest BCUT2D eigenvalue weighted by atomic mass is 16.1. The van der Waals surface area contributed by atoms with Crippen molar-refractivity contribution in [2.75, 3.05) is 0 Å². The van der Waals surface area contributed by atoms with Crippen LogP contribution in [0, 0.1) is 37.5 Å². The molecule has 0 spiro atoms. The summed E-state index contributed by atoms with van der Waals surface area (Å²) in [6.45, 7) is 7.23. The summed E-state index contributed by atoms with van der Waals surface area (Å²) in [5.41, 5.74) is 7.02. The van der Waals surface area contributed by atoms with Gasteiger partial charge < -0.3 is 0 Å². The molecule has 5 aromatic carbocycles. The molecule has 0 N–H and O–H groups in total. The van der Waals surface area contributed by atoms with Crippen LogP contribution in [0.4, 0.5) is 0 Å². The molecule has 0 aliphatic heterocycles.